The summed E-state index contributed by atoms with van der Waals surface area (Å²) in [6, 6.07) is 12.8. The second-order valence-corrected chi connectivity index (χ2v) is 7.81. The zero-order valence-corrected chi connectivity index (χ0v) is 18.6. The van der Waals surface area contributed by atoms with Crippen LogP contribution in [0.3, 0.4) is 0 Å². The molecule has 1 aromatic heterocycles. The number of methoxy groups -OCH3 is 1. The summed E-state index contributed by atoms with van der Waals surface area (Å²) in [4.78, 5) is 12.2. The molecule has 0 bridgehead atoms. The van der Waals surface area contributed by atoms with Gasteiger partial charge in [-0.15, -0.1) is 10.2 Å². The molecule has 0 spiro atoms. The summed E-state index contributed by atoms with van der Waals surface area (Å²) in [5.41, 5.74) is 1.75. The molecule has 0 aliphatic rings. The summed E-state index contributed by atoms with van der Waals surface area (Å²) in [6.45, 7) is 4.89. The van der Waals surface area contributed by atoms with E-state index in [2.05, 4.69) is 15.5 Å². The number of hydrogen-bond acceptors (Lipinski definition) is 6. The molecule has 30 heavy (non-hydrogen) atoms. The summed E-state index contributed by atoms with van der Waals surface area (Å²) < 4.78 is 13.2. The highest BCUT2D eigenvalue weighted by molar-refractivity contribution is 7.99. The van der Waals surface area contributed by atoms with Crippen LogP contribution in [0.25, 0.3) is 0 Å². The average Bonchev–Trinajstić information content (AvgIpc) is 3.13. The lowest BCUT2D eigenvalue weighted by Crippen LogP contribution is -2.15. The van der Waals surface area contributed by atoms with Gasteiger partial charge in [0, 0.05) is 17.3 Å². The van der Waals surface area contributed by atoms with E-state index in [4.69, 9.17) is 21.1 Å². The molecule has 0 unspecified atom stereocenters. The van der Waals surface area contributed by atoms with Crippen LogP contribution in [0, 0.1) is 6.92 Å². The Morgan fingerprint density at radius 3 is 2.77 bits per heavy atom. The van der Waals surface area contributed by atoms with Gasteiger partial charge < -0.3 is 19.4 Å². The first-order chi connectivity index (χ1) is 14.5. The number of aromatic nitrogens is 3. The number of halogens is 1. The monoisotopic (exact) mass is 446 g/mol. The third-order valence-corrected chi connectivity index (χ3v) is 5.43. The number of ether oxygens (including phenoxy) is 2. The molecule has 2 aromatic carbocycles. The van der Waals surface area contributed by atoms with Crippen molar-refractivity contribution in [3.8, 4) is 11.5 Å². The van der Waals surface area contributed by atoms with Gasteiger partial charge in [-0.2, -0.15) is 0 Å². The van der Waals surface area contributed by atoms with Crippen LogP contribution in [0.1, 0.15) is 18.3 Å². The van der Waals surface area contributed by atoms with E-state index in [1.165, 1.54) is 11.8 Å². The fraction of sp³-hybridized carbons (Fsp3) is 0.286. The van der Waals surface area contributed by atoms with Gasteiger partial charge >= 0.3 is 0 Å². The molecule has 1 amide bonds. The summed E-state index contributed by atoms with van der Waals surface area (Å²) in [5, 5.41) is 12.5. The summed E-state index contributed by atoms with van der Waals surface area (Å²) in [7, 11) is 1.61. The molecule has 0 aliphatic carbocycles. The van der Waals surface area contributed by atoms with E-state index in [0.717, 1.165) is 5.56 Å². The number of thioether (sulfide) groups is 1. The van der Waals surface area contributed by atoms with Gasteiger partial charge in [-0.25, -0.2) is 0 Å². The first-order valence-corrected chi connectivity index (χ1v) is 10.7. The Balaban J connectivity index is 1.60. The van der Waals surface area contributed by atoms with Crippen LogP contribution in [0.15, 0.2) is 47.6 Å². The van der Waals surface area contributed by atoms with Crippen LogP contribution in [0.2, 0.25) is 5.02 Å². The van der Waals surface area contributed by atoms with Crippen molar-refractivity contribution in [2.75, 3.05) is 18.2 Å². The van der Waals surface area contributed by atoms with Crippen molar-refractivity contribution in [2.24, 2.45) is 0 Å². The minimum atomic E-state index is -0.143. The molecule has 0 saturated carbocycles. The lowest BCUT2D eigenvalue weighted by Gasteiger charge is -2.12. The van der Waals surface area contributed by atoms with E-state index in [1.807, 2.05) is 36.6 Å². The Kier molecular flexibility index (Phi) is 7.59. The zero-order chi connectivity index (χ0) is 21.5. The molecule has 0 saturated heterocycles. The van der Waals surface area contributed by atoms with Gasteiger partial charge in [-0.3, -0.25) is 4.79 Å². The molecule has 0 aliphatic heterocycles. The van der Waals surface area contributed by atoms with Crippen molar-refractivity contribution in [1.29, 1.82) is 0 Å². The molecule has 158 valence electrons. The van der Waals surface area contributed by atoms with Gasteiger partial charge in [-0.05, 0) is 49.7 Å². The molecular weight excluding hydrogens is 424 g/mol. The number of rotatable bonds is 9. The maximum atomic E-state index is 12.2. The fourth-order valence-electron chi connectivity index (χ4n) is 2.78. The first-order valence-electron chi connectivity index (χ1n) is 9.38. The number of amides is 1. The Labute approximate surface area is 184 Å². The number of benzene rings is 2. The number of aryl methyl sites for hydroxylation is 1. The highest BCUT2D eigenvalue weighted by atomic mass is 35.5. The van der Waals surface area contributed by atoms with Crippen LogP contribution in [0.5, 0.6) is 11.5 Å². The SMILES string of the molecule is CCn1c(COc2ccc(C)cc2OC)nnc1SCC(=O)Nc1cccc(Cl)c1. The zero-order valence-electron chi connectivity index (χ0n) is 17.0. The minimum absolute atomic E-state index is 0.143. The van der Waals surface area contributed by atoms with Gasteiger partial charge in [0.05, 0.1) is 12.9 Å². The summed E-state index contributed by atoms with van der Waals surface area (Å²) in [6.07, 6.45) is 0. The van der Waals surface area contributed by atoms with Gasteiger partial charge in [-0.1, -0.05) is 35.5 Å². The molecule has 3 rings (SSSR count). The van der Waals surface area contributed by atoms with E-state index in [-0.39, 0.29) is 18.3 Å². The molecule has 3 aromatic rings. The molecular formula is C21H23ClN4O3S. The van der Waals surface area contributed by atoms with E-state index in [9.17, 15) is 4.79 Å². The van der Waals surface area contributed by atoms with Crippen molar-refractivity contribution in [3.63, 3.8) is 0 Å². The minimum Gasteiger partial charge on any atom is -0.493 e. The number of nitrogens with zero attached hydrogens (tertiary/aromatic N) is 3. The van der Waals surface area contributed by atoms with Gasteiger partial charge in [0.25, 0.3) is 0 Å². The highest BCUT2D eigenvalue weighted by Crippen LogP contribution is 2.28. The summed E-state index contributed by atoms with van der Waals surface area (Å²) in [5.74, 6) is 2.05. The molecule has 1 heterocycles. The first kappa shape index (κ1) is 22.0. The normalized spacial score (nSPS) is 10.7. The fourth-order valence-corrected chi connectivity index (χ4v) is 3.79. The maximum absolute atomic E-state index is 12.2. The number of nitrogens with one attached hydrogen (secondary N) is 1. The highest BCUT2D eigenvalue weighted by Gasteiger charge is 2.15. The number of carbonyl (C=O) groups is 1. The predicted octanol–water partition coefficient (Wildman–Crippen LogP) is 4.58. The van der Waals surface area contributed by atoms with Gasteiger partial charge in [0.2, 0.25) is 5.91 Å². The topological polar surface area (TPSA) is 78.3 Å². The Hall–Kier alpha value is -2.71. The van der Waals surface area contributed by atoms with Gasteiger partial charge in [0.15, 0.2) is 22.5 Å². The van der Waals surface area contributed by atoms with Crippen LogP contribution in [-0.4, -0.2) is 33.5 Å². The molecule has 0 radical (unpaired) electrons. The van der Waals surface area contributed by atoms with Crippen LogP contribution >= 0.6 is 23.4 Å². The second-order valence-electron chi connectivity index (χ2n) is 6.43. The Morgan fingerprint density at radius 2 is 2.03 bits per heavy atom. The van der Waals surface area contributed by atoms with Gasteiger partial charge in [0.1, 0.15) is 6.61 Å². The van der Waals surface area contributed by atoms with Crippen molar-refractivity contribution < 1.29 is 14.3 Å². The van der Waals surface area contributed by atoms with E-state index in [1.54, 1.807) is 31.4 Å². The molecule has 7 nitrogen and oxygen atoms in total. The molecule has 1 N–H and O–H groups in total. The largest absolute Gasteiger partial charge is 0.493 e. The van der Waals surface area contributed by atoms with Crippen molar-refractivity contribution in [3.05, 3.63) is 58.9 Å². The maximum Gasteiger partial charge on any atom is 0.234 e. The lowest BCUT2D eigenvalue weighted by molar-refractivity contribution is -0.113. The lowest BCUT2D eigenvalue weighted by atomic mass is 10.2. The third kappa shape index (κ3) is 5.67. The number of carbonyl (C=O) groups excluding carboxylic acids is 1. The standard InChI is InChI=1S/C21H23ClN4O3S/c1-4-26-19(12-29-17-9-8-14(2)10-18(17)28-3)24-25-21(26)30-13-20(27)23-16-7-5-6-15(22)11-16/h5-11H,4,12-13H2,1-3H3,(H,23,27). The van der Waals surface area contributed by atoms with Crippen LogP contribution in [0.4, 0.5) is 5.69 Å². The number of hydrogen-bond donors (Lipinski definition) is 1. The van der Waals surface area contributed by atoms with Crippen molar-refractivity contribution in [2.45, 2.75) is 32.2 Å². The van der Waals surface area contributed by atoms with E-state index < -0.39 is 0 Å². The van der Waals surface area contributed by atoms with Crippen molar-refractivity contribution in [1.82, 2.24) is 14.8 Å². The smallest absolute Gasteiger partial charge is 0.234 e. The summed E-state index contributed by atoms with van der Waals surface area (Å²) >= 11 is 7.27. The van der Waals surface area contributed by atoms with Crippen LogP contribution in [-0.2, 0) is 17.9 Å². The quantitative estimate of drug-likeness (QED) is 0.485. The third-order valence-electron chi connectivity index (χ3n) is 4.23. The van der Waals surface area contributed by atoms with Crippen LogP contribution < -0.4 is 14.8 Å². The molecule has 9 heteroatoms. The second kappa shape index (κ2) is 10.4. The number of anilines is 1. The van der Waals surface area contributed by atoms with E-state index in [0.29, 0.717) is 39.7 Å². The van der Waals surface area contributed by atoms with E-state index >= 15 is 0 Å². The molecule has 0 atom stereocenters. The van der Waals surface area contributed by atoms with Crippen molar-refractivity contribution >= 4 is 35.0 Å². The Morgan fingerprint density at radius 1 is 1.20 bits per heavy atom. The molecule has 0 fully saturated rings. The average molecular weight is 447 g/mol. The predicted molar refractivity (Wildman–Crippen MR) is 119 cm³/mol. The Bertz CT molecular complexity index is 1030.